The van der Waals surface area contributed by atoms with E-state index in [0.717, 1.165) is 6.42 Å². The highest BCUT2D eigenvalue weighted by molar-refractivity contribution is 4.88. The first-order valence-electron chi connectivity index (χ1n) is 3.93. The lowest BCUT2D eigenvalue weighted by Gasteiger charge is -2.38. The maximum Gasteiger partial charge on any atom is 0.248 e. The summed E-state index contributed by atoms with van der Waals surface area (Å²) in [7, 11) is 0. The van der Waals surface area contributed by atoms with Gasteiger partial charge in [-0.15, -0.1) is 0 Å². The Bertz CT molecular complexity index is 112. The van der Waals surface area contributed by atoms with E-state index in [1.807, 2.05) is 0 Å². The van der Waals surface area contributed by atoms with Gasteiger partial charge in [-0.2, -0.15) is 0 Å². The molecule has 1 aliphatic rings. The van der Waals surface area contributed by atoms with Crippen molar-refractivity contribution in [2.24, 2.45) is 11.8 Å². The number of halogens is 2. The fraction of sp³-hybridized carbons (Fsp3) is 1.00. The van der Waals surface area contributed by atoms with Gasteiger partial charge in [0, 0.05) is 12.8 Å². The average Bonchev–Trinajstić information content (AvgIpc) is 1.81. The van der Waals surface area contributed by atoms with Gasteiger partial charge in [0.25, 0.3) is 0 Å². The van der Waals surface area contributed by atoms with Crippen molar-refractivity contribution >= 4 is 0 Å². The van der Waals surface area contributed by atoms with Crippen LogP contribution < -0.4 is 0 Å². The lowest BCUT2D eigenvalue weighted by Crippen LogP contribution is -2.38. The summed E-state index contributed by atoms with van der Waals surface area (Å²) in [4.78, 5) is 0. The zero-order chi connectivity index (χ0) is 7.78. The van der Waals surface area contributed by atoms with E-state index < -0.39 is 5.92 Å². The third-order valence-electron chi connectivity index (χ3n) is 2.57. The van der Waals surface area contributed by atoms with Gasteiger partial charge in [-0.05, 0) is 11.8 Å². The van der Waals surface area contributed by atoms with E-state index >= 15 is 0 Å². The molecule has 0 saturated heterocycles. The lowest BCUT2D eigenvalue weighted by atomic mass is 9.73. The van der Waals surface area contributed by atoms with Gasteiger partial charge >= 0.3 is 0 Å². The molecule has 0 radical (unpaired) electrons. The second-order valence-corrected chi connectivity index (χ2v) is 3.41. The summed E-state index contributed by atoms with van der Waals surface area (Å²) in [5, 5.41) is 0. The molecule has 10 heavy (non-hydrogen) atoms. The van der Waals surface area contributed by atoms with Crippen molar-refractivity contribution in [1.82, 2.24) is 0 Å². The van der Waals surface area contributed by atoms with Gasteiger partial charge < -0.3 is 0 Å². The Morgan fingerprint density at radius 3 is 2.30 bits per heavy atom. The summed E-state index contributed by atoms with van der Waals surface area (Å²) < 4.78 is 24.6. The van der Waals surface area contributed by atoms with Crippen molar-refractivity contribution in [1.29, 1.82) is 0 Å². The van der Waals surface area contributed by atoms with Crippen molar-refractivity contribution < 1.29 is 8.78 Å². The summed E-state index contributed by atoms with van der Waals surface area (Å²) in [6.45, 7) is 4.11. The molecule has 0 aromatic rings. The molecule has 0 bridgehead atoms. The second kappa shape index (κ2) is 2.48. The number of rotatable bonds is 2. The Morgan fingerprint density at radius 1 is 1.50 bits per heavy atom. The van der Waals surface area contributed by atoms with E-state index in [2.05, 4.69) is 13.8 Å². The summed E-state index contributed by atoms with van der Waals surface area (Å²) in [6.07, 6.45) is 1.28. The molecule has 0 amide bonds. The lowest BCUT2D eigenvalue weighted by molar-refractivity contribution is -0.124. The molecule has 1 fully saturated rings. The zero-order valence-corrected chi connectivity index (χ0v) is 6.53. The minimum absolute atomic E-state index is 0.127. The van der Waals surface area contributed by atoms with Crippen LogP contribution in [0.2, 0.25) is 0 Å². The molecule has 0 heterocycles. The summed E-state index contributed by atoms with van der Waals surface area (Å²) in [6, 6.07) is 0. The van der Waals surface area contributed by atoms with Crippen molar-refractivity contribution in [3.8, 4) is 0 Å². The topological polar surface area (TPSA) is 0 Å². The molecule has 1 rings (SSSR count). The van der Waals surface area contributed by atoms with Crippen LogP contribution in [0.1, 0.15) is 33.1 Å². The van der Waals surface area contributed by atoms with Gasteiger partial charge in [0.15, 0.2) is 0 Å². The minimum Gasteiger partial charge on any atom is -0.207 e. The predicted molar refractivity (Wildman–Crippen MR) is 37.1 cm³/mol. The Morgan fingerprint density at radius 2 is 2.00 bits per heavy atom. The largest absolute Gasteiger partial charge is 0.248 e. The molecule has 0 spiro atoms. The molecule has 0 nitrogen and oxygen atoms in total. The molecule has 1 saturated carbocycles. The van der Waals surface area contributed by atoms with Crippen LogP contribution >= 0.6 is 0 Å². The summed E-state index contributed by atoms with van der Waals surface area (Å²) in [5.41, 5.74) is 0. The molecule has 1 unspecified atom stereocenters. The molecule has 0 N–H and O–H groups in total. The van der Waals surface area contributed by atoms with E-state index in [9.17, 15) is 8.78 Å². The summed E-state index contributed by atoms with van der Waals surface area (Å²) in [5.74, 6) is -1.55. The zero-order valence-electron chi connectivity index (χ0n) is 6.53. The molecule has 1 aliphatic carbocycles. The van der Waals surface area contributed by atoms with E-state index in [-0.39, 0.29) is 12.8 Å². The number of alkyl halides is 2. The highest BCUT2D eigenvalue weighted by atomic mass is 19.3. The number of hydrogen-bond acceptors (Lipinski definition) is 0. The smallest absolute Gasteiger partial charge is 0.207 e. The van der Waals surface area contributed by atoms with Crippen LogP contribution in [0.15, 0.2) is 0 Å². The molecule has 1 atom stereocenters. The van der Waals surface area contributed by atoms with Crippen LogP contribution in [-0.4, -0.2) is 5.92 Å². The standard InChI is InChI=1S/C8H14F2/c1-3-6(2)7-4-8(9,10)5-7/h6-7H,3-5H2,1-2H3. The third kappa shape index (κ3) is 1.47. The van der Waals surface area contributed by atoms with Crippen LogP contribution in [0.5, 0.6) is 0 Å². The number of hydrogen-bond donors (Lipinski definition) is 0. The molecule has 0 aromatic heterocycles. The van der Waals surface area contributed by atoms with Crippen molar-refractivity contribution in [3.05, 3.63) is 0 Å². The SMILES string of the molecule is CCC(C)C1CC(F)(F)C1. The highest BCUT2D eigenvalue weighted by Crippen LogP contribution is 2.46. The molecular weight excluding hydrogens is 134 g/mol. The first-order valence-corrected chi connectivity index (χ1v) is 3.93. The minimum atomic E-state index is -2.33. The quantitative estimate of drug-likeness (QED) is 0.564. The third-order valence-corrected chi connectivity index (χ3v) is 2.57. The van der Waals surface area contributed by atoms with Crippen molar-refractivity contribution in [2.45, 2.75) is 39.0 Å². The van der Waals surface area contributed by atoms with Crippen LogP contribution in [0, 0.1) is 11.8 Å². The van der Waals surface area contributed by atoms with Gasteiger partial charge in [-0.3, -0.25) is 0 Å². The van der Waals surface area contributed by atoms with Gasteiger partial charge in [0.1, 0.15) is 0 Å². The van der Waals surface area contributed by atoms with Crippen LogP contribution in [0.25, 0.3) is 0 Å². The Labute approximate surface area is 60.6 Å². The van der Waals surface area contributed by atoms with E-state index in [1.165, 1.54) is 0 Å². The Balaban J connectivity index is 2.26. The van der Waals surface area contributed by atoms with Gasteiger partial charge in [-0.25, -0.2) is 8.78 Å². The second-order valence-electron chi connectivity index (χ2n) is 3.41. The van der Waals surface area contributed by atoms with Crippen LogP contribution in [0.3, 0.4) is 0 Å². The normalized spacial score (nSPS) is 27.6. The van der Waals surface area contributed by atoms with E-state index in [0.29, 0.717) is 11.8 Å². The molecular formula is C8H14F2. The average molecular weight is 148 g/mol. The van der Waals surface area contributed by atoms with Gasteiger partial charge in [0.2, 0.25) is 5.92 Å². The van der Waals surface area contributed by atoms with E-state index in [4.69, 9.17) is 0 Å². The molecule has 2 heteroatoms. The van der Waals surface area contributed by atoms with Crippen molar-refractivity contribution in [2.75, 3.05) is 0 Å². The summed E-state index contributed by atoms with van der Waals surface area (Å²) >= 11 is 0. The van der Waals surface area contributed by atoms with Gasteiger partial charge in [-0.1, -0.05) is 20.3 Å². The first kappa shape index (κ1) is 7.96. The van der Waals surface area contributed by atoms with Crippen molar-refractivity contribution in [3.63, 3.8) is 0 Å². The Kier molecular flexibility index (Phi) is 1.97. The van der Waals surface area contributed by atoms with Crippen LogP contribution in [-0.2, 0) is 0 Å². The highest BCUT2D eigenvalue weighted by Gasteiger charge is 2.46. The predicted octanol–water partition coefficient (Wildman–Crippen LogP) is 3.08. The molecule has 60 valence electrons. The molecule has 0 aromatic carbocycles. The maximum atomic E-state index is 12.3. The first-order chi connectivity index (χ1) is 4.55. The maximum absolute atomic E-state index is 12.3. The van der Waals surface area contributed by atoms with Crippen LogP contribution in [0.4, 0.5) is 8.78 Å². The Hall–Kier alpha value is -0.140. The fourth-order valence-corrected chi connectivity index (χ4v) is 1.44. The van der Waals surface area contributed by atoms with E-state index in [1.54, 1.807) is 0 Å². The fourth-order valence-electron chi connectivity index (χ4n) is 1.44. The van der Waals surface area contributed by atoms with Gasteiger partial charge in [0.05, 0.1) is 0 Å². The molecule has 0 aliphatic heterocycles. The monoisotopic (exact) mass is 148 g/mol.